The molecule has 25 heavy (non-hydrogen) atoms. The average molecular weight is 342 g/mol. The molecule has 0 bridgehead atoms. The van der Waals surface area contributed by atoms with Crippen molar-refractivity contribution in [1.29, 1.82) is 0 Å². The first-order valence-electron chi connectivity index (χ1n) is 9.01. The van der Waals surface area contributed by atoms with Gasteiger partial charge >= 0.3 is 0 Å². The van der Waals surface area contributed by atoms with Crippen molar-refractivity contribution in [2.75, 3.05) is 54.5 Å². The van der Waals surface area contributed by atoms with Crippen molar-refractivity contribution in [3.63, 3.8) is 0 Å². The Morgan fingerprint density at radius 2 is 1.72 bits per heavy atom. The van der Waals surface area contributed by atoms with Crippen molar-refractivity contribution in [3.8, 4) is 0 Å². The monoisotopic (exact) mass is 342 g/mol. The second-order valence-corrected chi connectivity index (χ2v) is 6.81. The number of rotatable bonds is 5. The van der Waals surface area contributed by atoms with E-state index >= 15 is 0 Å². The molecule has 9 nitrogen and oxygen atoms in total. The molecule has 0 spiro atoms. The van der Waals surface area contributed by atoms with Gasteiger partial charge in [0, 0.05) is 43.9 Å². The Morgan fingerprint density at radius 3 is 2.36 bits per heavy atom. The molecule has 2 aliphatic heterocycles. The zero-order valence-electron chi connectivity index (χ0n) is 14.1. The highest BCUT2D eigenvalue weighted by Crippen LogP contribution is 2.39. The van der Waals surface area contributed by atoms with E-state index in [1.165, 1.54) is 25.0 Å². The zero-order chi connectivity index (χ0) is 16.6. The molecular formula is C16H22N8O. The van der Waals surface area contributed by atoms with Crippen LogP contribution in [0.25, 0.3) is 0 Å². The largest absolute Gasteiger partial charge is 0.378 e. The van der Waals surface area contributed by atoms with Crippen molar-refractivity contribution in [3.05, 3.63) is 11.8 Å². The lowest BCUT2D eigenvalue weighted by molar-refractivity contribution is 0.122. The van der Waals surface area contributed by atoms with Crippen LogP contribution in [-0.2, 0) is 4.74 Å². The van der Waals surface area contributed by atoms with Gasteiger partial charge in [0.25, 0.3) is 0 Å². The Morgan fingerprint density at radius 1 is 1.00 bits per heavy atom. The minimum absolute atomic E-state index is 0.548. The van der Waals surface area contributed by atoms with E-state index in [4.69, 9.17) is 4.74 Å². The first-order valence-corrected chi connectivity index (χ1v) is 9.01. The number of H-pyrrole nitrogens is 1. The third-order valence-electron chi connectivity index (χ3n) is 4.90. The van der Waals surface area contributed by atoms with Gasteiger partial charge in [0.15, 0.2) is 5.82 Å². The number of morpholine rings is 1. The maximum atomic E-state index is 5.44. The van der Waals surface area contributed by atoms with Crippen LogP contribution in [0.3, 0.4) is 0 Å². The molecule has 132 valence electrons. The summed E-state index contributed by atoms with van der Waals surface area (Å²) >= 11 is 0. The Balaban J connectivity index is 1.41. The smallest absolute Gasteiger partial charge is 0.235 e. The third-order valence-corrected chi connectivity index (χ3v) is 4.90. The van der Waals surface area contributed by atoms with Crippen molar-refractivity contribution in [1.82, 2.24) is 25.1 Å². The molecular weight excluding hydrogens is 320 g/mol. The molecule has 2 aromatic rings. The van der Waals surface area contributed by atoms with Crippen LogP contribution in [0, 0.1) is 0 Å². The molecule has 3 aliphatic rings. The molecule has 2 N–H and O–H groups in total. The normalized spacial score (nSPS) is 20.5. The number of nitrogens with zero attached hydrogens (tertiary/aromatic N) is 6. The second kappa shape index (κ2) is 6.14. The van der Waals surface area contributed by atoms with Crippen molar-refractivity contribution in [2.45, 2.75) is 25.2 Å². The van der Waals surface area contributed by atoms with E-state index < -0.39 is 0 Å². The zero-order valence-corrected chi connectivity index (χ0v) is 14.1. The highest BCUT2D eigenvalue weighted by molar-refractivity contribution is 5.53. The summed E-state index contributed by atoms with van der Waals surface area (Å²) in [7, 11) is 0. The standard InChI is InChI=1S/C16H22N8O/c1-4-23(5-1)15-18-14(17-13-10-12(21-22-13)11-2-3-11)19-16(20-15)24-6-8-25-9-7-24/h10-11H,1-9H2,(H2,17,18,19,20,21,22). The molecule has 0 aromatic carbocycles. The molecule has 1 aliphatic carbocycles. The predicted octanol–water partition coefficient (Wildman–Crippen LogP) is 1.26. The fraction of sp³-hybridized carbons (Fsp3) is 0.625. The van der Waals surface area contributed by atoms with E-state index in [0.717, 1.165) is 37.9 Å². The van der Waals surface area contributed by atoms with Gasteiger partial charge < -0.3 is 19.9 Å². The summed E-state index contributed by atoms with van der Waals surface area (Å²) in [5.74, 6) is 3.40. The van der Waals surface area contributed by atoms with Crippen LogP contribution < -0.4 is 15.1 Å². The quantitative estimate of drug-likeness (QED) is 0.839. The number of hydrogen-bond donors (Lipinski definition) is 2. The first kappa shape index (κ1) is 14.9. The van der Waals surface area contributed by atoms with Crippen LogP contribution in [0.1, 0.15) is 30.9 Å². The molecule has 2 saturated heterocycles. The summed E-state index contributed by atoms with van der Waals surface area (Å²) in [6, 6.07) is 2.05. The Bertz CT molecular complexity index is 748. The minimum Gasteiger partial charge on any atom is -0.378 e. The maximum Gasteiger partial charge on any atom is 0.235 e. The predicted molar refractivity (Wildman–Crippen MR) is 93.5 cm³/mol. The van der Waals surface area contributed by atoms with Crippen LogP contribution >= 0.6 is 0 Å². The number of hydrogen-bond acceptors (Lipinski definition) is 8. The van der Waals surface area contributed by atoms with Gasteiger partial charge in [-0.1, -0.05) is 0 Å². The number of ether oxygens (including phenoxy) is 1. The van der Waals surface area contributed by atoms with E-state index in [0.29, 0.717) is 31.0 Å². The van der Waals surface area contributed by atoms with E-state index in [9.17, 15) is 0 Å². The molecule has 0 unspecified atom stereocenters. The summed E-state index contributed by atoms with van der Waals surface area (Å²) in [4.78, 5) is 18.2. The fourth-order valence-electron chi connectivity index (χ4n) is 3.09. The van der Waals surface area contributed by atoms with Gasteiger partial charge in [0.1, 0.15) is 0 Å². The number of aromatic nitrogens is 5. The summed E-state index contributed by atoms with van der Waals surface area (Å²) in [6.07, 6.45) is 3.67. The molecule has 0 atom stereocenters. The first-order chi connectivity index (χ1) is 12.3. The third kappa shape index (κ3) is 3.11. The van der Waals surface area contributed by atoms with Gasteiger partial charge in [-0.25, -0.2) is 0 Å². The van der Waals surface area contributed by atoms with Crippen molar-refractivity contribution >= 4 is 23.7 Å². The van der Waals surface area contributed by atoms with E-state index in [1.807, 2.05) is 0 Å². The molecule has 4 heterocycles. The Kier molecular flexibility index (Phi) is 3.66. The average Bonchev–Trinajstić information content (AvgIpc) is 3.34. The van der Waals surface area contributed by atoms with Gasteiger partial charge in [-0.2, -0.15) is 20.1 Å². The highest BCUT2D eigenvalue weighted by atomic mass is 16.5. The van der Waals surface area contributed by atoms with Gasteiger partial charge in [-0.15, -0.1) is 0 Å². The lowest BCUT2D eigenvalue weighted by Gasteiger charge is -2.32. The lowest BCUT2D eigenvalue weighted by Crippen LogP contribution is -2.40. The number of nitrogens with one attached hydrogen (secondary N) is 2. The molecule has 5 rings (SSSR count). The topological polar surface area (TPSA) is 95.1 Å². The summed E-state index contributed by atoms with van der Waals surface area (Å²) < 4.78 is 5.44. The molecule has 1 saturated carbocycles. The van der Waals surface area contributed by atoms with Gasteiger partial charge in [-0.3, -0.25) is 5.10 Å². The van der Waals surface area contributed by atoms with Gasteiger partial charge in [-0.05, 0) is 19.3 Å². The van der Waals surface area contributed by atoms with Crippen LogP contribution in [-0.4, -0.2) is 64.5 Å². The minimum atomic E-state index is 0.548. The van der Waals surface area contributed by atoms with Crippen LogP contribution in [0.2, 0.25) is 0 Å². The number of aromatic amines is 1. The van der Waals surface area contributed by atoms with Crippen LogP contribution in [0.15, 0.2) is 6.07 Å². The molecule has 9 heteroatoms. The SMILES string of the molecule is c1c(Nc2nc(N3CCC3)nc(N3CCOCC3)n2)n[nH]c1C1CC1. The Labute approximate surface area is 145 Å². The molecule has 3 fully saturated rings. The second-order valence-electron chi connectivity index (χ2n) is 6.81. The van der Waals surface area contributed by atoms with Crippen LogP contribution in [0.5, 0.6) is 0 Å². The Hall–Kier alpha value is -2.42. The molecule has 0 amide bonds. The van der Waals surface area contributed by atoms with E-state index in [2.05, 4.69) is 46.3 Å². The summed E-state index contributed by atoms with van der Waals surface area (Å²) in [5.41, 5.74) is 1.19. The summed E-state index contributed by atoms with van der Waals surface area (Å²) in [6.45, 7) is 5.02. The van der Waals surface area contributed by atoms with Gasteiger partial charge in [0.2, 0.25) is 17.8 Å². The fourth-order valence-corrected chi connectivity index (χ4v) is 3.09. The van der Waals surface area contributed by atoms with Crippen LogP contribution in [0.4, 0.5) is 23.7 Å². The van der Waals surface area contributed by atoms with E-state index in [1.54, 1.807) is 0 Å². The van der Waals surface area contributed by atoms with Gasteiger partial charge in [0.05, 0.1) is 13.2 Å². The summed E-state index contributed by atoms with van der Waals surface area (Å²) in [5, 5.41) is 10.7. The van der Waals surface area contributed by atoms with E-state index in [-0.39, 0.29) is 0 Å². The lowest BCUT2D eigenvalue weighted by atomic mass is 10.2. The van der Waals surface area contributed by atoms with Crippen molar-refractivity contribution in [2.24, 2.45) is 0 Å². The molecule has 0 radical (unpaired) electrons. The number of anilines is 4. The highest BCUT2D eigenvalue weighted by Gasteiger charge is 2.26. The van der Waals surface area contributed by atoms with Crippen molar-refractivity contribution < 1.29 is 4.74 Å². The molecule has 2 aromatic heterocycles. The maximum absolute atomic E-state index is 5.44.